The second kappa shape index (κ2) is 5.62. The lowest BCUT2D eigenvalue weighted by molar-refractivity contribution is -0.00369. The predicted molar refractivity (Wildman–Crippen MR) is 51.9 cm³/mol. The molecule has 0 aromatic rings. The molecule has 3 nitrogen and oxygen atoms in total. The molecule has 0 aliphatic rings. The van der Waals surface area contributed by atoms with Crippen LogP contribution in [0.3, 0.4) is 0 Å². The highest BCUT2D eigenvalue weighted by Crippen LogP contribution is 2.09. The van der Waals surface area contributed by atoms with Gasteiger partial charge >= 0.3 is 6.16 Å². The molecule has 0 radical (unpaired) electrons. The third kappa shape index (κ3) is 7.58. The van der Waals surface area contributed by atoms with Crippen LogP contribution in [0.25, 0.3) is 0 Å². The Kier molecular flexibility index (Phi) is 5.20. The van der Waals surface area contributed by atoms with Crippen LogP contribution in [-0.4, -0.2) is 25.0 Å². The van der Waals surface area contributed by atoms with Gasteiger partial charge in [0.1, 0.15) is 12.2 Å². The fraction of sp³-hybridized carbons (Fsp3) is 0.700. The van der Waals surface area contributed by atoms with Crippen LogP contribution >= 0.6 is 0 Å². The van der Waals surface area contributed by atoms with E-state index in [-0.39, 0.29) is 13.0 Å². The maximum Gasteiger partial charge on any atom is 0.509 e. The first-order valence-electron chi connectivity index (χ1n) is 4.43. The summed E-state index contributed by atoms with van der Waals surface area (Å²) in [6.07, 6.45) is -0.541. The second-order valence-electron chi connectivity index (χ2n) is 3.94. The molecule has 0 fully saturated rings. The Bertz CT molecular complexity index is 206. The molecule has 14 heavy (non-hydrogen) atoms. The number of alkyl halides is 1. The van der Waals surface area contributed by atoms with Crippen molar-refractivity contribution in [2.75, 3.05) is 13.3 Å². The van der Waals surface area contributed by atoms with E-state index in [2.05, 4.69) is 6.58 Å². The molecule has 0 unspecified atom stereocenters. The van der Waals surface area contributed by atoms with Crippen molar-refractivity contribution in [2.45, 2.75) is 32.8 Å². The molecule has 0 spiro atoms. The molecule has 0 aliphatic carbocycles. The summed E-state index contributed by atoms with van der Waals surface area (Å²) in [7, 11) is 0. The SMILES string of the molecule is C=C(CCF)COC(=O)OC(C)(C)C. The molecule has 0 amide bonds. The third-order valence-electron chi connectivity index (χ3n) is 1.23. The van der Waals surface area contributed by atoms with E-state index >= 15 is 0 Å². The molecule has 0 rings (SSSR count). The quantitative estimate of drug-likeness (QED) is 0.521. The van der Waals surface area contributed by atoms with E-state index in [0.717, 1.165) is 0 Å². The minimum absolute atomic E-state index is 0.0127. The fourth-order valence-electron chi connectivity index (χ4n) is 0.646. The van der Waals surface area contributed by atoms with Crippen molar-refractivity contribution < 1.29 is 18.7 Å². The van der Waals surface area contributed by atoms with Gasteiger partial charge in [-0.3, -0.25) is 4.39 Å². The van der Waals surface area contributed by atoms with Gasteiger partial charge in [0.15, 0.2) is 0 Å². The lowest BCUT2D eigenvalue weighted by Crippen LogP contribution is -2.24. The zero-order chi connectivity index (χ0) is 11.2. The summed E-state index contributed by atoms with van der Waals surface area (Å²) in [5, 5.41) is 0. The first-order chi connectivity index (χ1) is 6.35. The Balaban J connectivity index is 3.70. The topological polar surface area (TPSA) is 35.5 Å². The van der Waals surface area contributed by atoms with Crippen LogP contribution in [0.5, 0.6) is 0 Å². The Labute approximate surface area is 83.9 Å². The van der Waals surface area contributed by atoms with Crippen molar-refractivity contribution in [1.29, 1.82) is 0 Å². The van der Waals surface area contributed by atoms with E-state index in [1.807, 2.05) is 0 Å². The van der Waals surface area contributed by atoms with Crippen LogP contribution in [0, 0.1) is 0 Å². The second-order valence-corrected chi connectivity index (χ2v) is 3.94. The van der Waals surface area contributed by atoms with Crippen molar-refractivity contribution in [2.24, 2.45) is 0 Å². The highest BCUT2D eigenvalue weighted by molar-refractivity contribution is 5.60. The standard InChI is InChI=1S/C10H17FO3/c1-8(5-6-11)7-13-9(12)14-10(2,3)4/h1,5-7H2,2-4H3. The zero-order valence-corrected chi connectivity index (χ0v) is 8.93. The summed E-state index contributed by atoms with van der Waals surface area (Å²) >= 11 is 0. The summed E-state index contributed by atoms with van der Waals surface area (Å²) in [6, 6.07) is 0. The molecule has 0 saturated carbocycles. The summed E-state index contributed by atoms with van der Waals surface area (Å²) < 4.78 is 21.4. The summed E-state index contributed by atoms with van der Waals surface area (Å²) in [5.74, 6) is 0. The Morgan fingerprint density at radius 1 is 1.43 bits per heavy atom. The van der Waals surface area contributed by atoms with E-state index in [0.29, 0.717) is 5.57 Å². The number of rotatable bonds is 4. The molecular weight excluding hydrogens is 187 g/mol. The van der Waals surface area contributed by atoms with Gasteiger partial charge in [-0.25, -0.2) is 4.79 Å². The van der Waals surface area contributed by atoms with Gasteiger partial charge in [0.05, 0.1) is 6.67 Å². The summed E-state index contributed by atoms with van der Waals surface area (Å²) in [6.45, 7) is 8.29. The van der Waals surface area contributed by atoms with Crippen molar-refractivity contribution in [1.82, 2.24) is 0 Å². The number of carbonyl (C=O) groups excluding carboxylic acids is 1. The largest absolute Gasteiger partial charge is 0.509 e. The van der Waals surface area contributed by atoms with Gasteiger partial charge in [0.2, 0.25) is 0 Å². The monoisotopic (exact) mass is 204 g/mol. The van der Waals surface area contributed by atoms with Gasteiger partial charge in [0.25, 0.3) is 0 Å². The maximum absolute atomic E-state index is 11.8. The van der Waals surface area contributed by atoms with Crippen molar-refractivity contribution in [3.63, 3.8) is 0 Å². The van der Waals surface area contributed by atoms with E-state index in [1.54, 1.807) is 20.8 Å². The average molecular weight is 204 g/mol. The van der Waals surface area contributed by atoms with E-state index in [1.165, 1.54) is 0 Å². The molecule has 0 atom stereocenters. The molecule has 0 aromatic heterocycles. The van der Waals surface area contributed by atoms with Gasteiger partial charge in [-0.05, 0) is 32.8 Å². The first-order valence-corrected chi connectivity index (χ1v) is 4.43. The fourth-order valence-corrected chi connectivity index (χ4v) is 0.646. The van der Waals surface area contributed by atoms with Crippen LogP contribution in [0.1, 0.15) is 27.2 Å². The van der Waals surface area contributed by atoms with Gasteiger partial charge in [-0.1, -0.05) is 6.58 Å². The lowest BCUT2D eigenvalue weighted by atomic mass is 10.2. The van der Waals surface area contributed by atoms with Crippen molar-refractivity contribution in [3.8, 4) is 0 Å². The Morgan fingerprint density at radius 2 is 2.00 bits per heavy atom. The Morgan fingerprint density at radius 3 is 2.43 bits per heavy atom. The van der Waals surface area contributed by atoms with Crippen LogP contribution in [0.2, 0.25) is 0 Å². The minimum atomic E-state index is -0.752. The molecule has 0 bridgehead atoms. The van der Waals surface area contributed by atoms with E-state index in [9.17, 15) is 9.18 Å². The smallest absolute Gasteiger partial charge is 0.430 e. The lowest BCUT2D eigenvalue weighted by Gasteiger charge is -2.18. The maximum atomic E-state index is 11.8. The number of ether oxygens (including phenoxy) is 2. The van der Waals surface area contributed by atoms with Crippen LogP contribution in [0.4, 0.5) is 9.18 Å². The highest BCUT2D eigenvalue weighted by atomic mass is 19.1. The van der Waals surface area contributed by atoms with Crippen molar-refractivity contribution in [3.05, 3.63) is 12.2 Å². The van der Waals surface area contributed by atoms with Crippen LogP contribution < -0.4 is 0 Å². The van der Waals surface area contributed by atoms with Gasteiger partial charge in [-0.15, -0.1) is 0 Å². The molecule has 82 valence electrons. The van der Waals surface area contributed by atoms with Crippen LogP contribution in [0.15, 0.2) is 12.2 Å². The number of hydrogen-bond donors (Lipinski definition) is 0. The zero-order valence-electron chi connectivity index (χ0n) is 8.93. The number of hydrogen-bond acceptors (Lipinski definition) is 3. The van der Waals surface area contributed by atoms with Crippen molar-refractivity contribution >= 4 is 6.16 Å². The van der Waals surface area contributed by atoms with Crippen LogP contribution in [-0.2, 0) is 9.47 Å². The normalized spacial score (nSPS) is 10.9. The highest BCUT2D eigenvalue weighted by Gasteiger charge is 2.17. The predicted octanol–water partition coefficient (Wildman–Crippen LogP) is 2.85. The third-order valence-corrected chi connectivity index (χ3v) is 1.23. The molecule has 0 aliphatic heterocycles. The number of halogens is 1. The minimum Gasteiger partial charge on any atom is -0.430 e. The van der Waals surface area contributed by atoms with E-state index in [4.69, 9.17) is 9.47 Å². The molecule has 4 heteroatoms. The summed E-state index contributed by atoms with van der Waals surface area (Å²) in [4.78, 5) is 11.0. The molecule has 0 N–H and O–H groups in total. The van der Waals surface area contributed by atoms with E-state index < -0.39 is 18.4 Å². The van der Waals surface area contributed by atoms with Gasteiger partial charge in [-0.2, -0.15) is 0 Å². The molecule has 0 heterocycles. The first kappa shape index (κ1) is 12.9. The molecule has 0 saturated heterocycles. The summed E-state index contributed by atoms with van der Waals surface area (Å²) in [5.41, 5.74) is -0.0308. The Hall–Kier alpha value is -1.06. The van der Waals surface area contributed by atoms with Gasteiger partial charge < -0.3 is 9.47 Å². The number of carbonyl (C=O) groups is 1. The van der Waals surface area contributed by atoms with Gasteiger partial charge in [0, 0.05) is 0 Å². The molecular formula is C10H17FO3. The average Bonchev–Trinajstić information content (AvgIpc) is 1.98. The molecule has 0 aromatic carbocycles.